The van der Waals surface area contributed by atoms with Crippen LogP contribution in [0.3, 0.4) is 0 Å². The van der Waals surface area contributed by atoms with Gasteiger partial charge in [0.15, 0.2) is 0 Å². The van der Waals surface area contributed by atoms with E-state index < -0.39 is 23.6 Å². The van der Waals surface area contributed by atoms with Crippen molar-refractivity contribution in [3.63, 3.8) is 0 Å². The topological polar surface area (TPSA) is 108 Å². The van der Waals surface area contributed by atoms with E-state index in [2.05, 4.69) is 70.7 Å². The van der Waals surface area contributed by atoms with Gasteiger partial charge in [-0.2, -0.15) is 0 Å². The maximum Gasteiger partial charge on any atom is 0.337 e. The molecule has 1 aliphatic heterocycles. The fraction of sp³-hybridized carbons (Fsp3) is 0.643. The molecule has 5 atom stereocenters. The molecule has 11 heteroatoms. The Bertz CT molecular complexity index is 1710. The second-order valence-corrected chi connectivity index (χ2v) is 24.5. The molecule has 294 valence electrons. The average Bonchev–Trinajstić information content (AvgIpc) is 3.24. The molecule has 3 aliphatic rings. The Balaban J connectivity index is 1.45. The quantitative estimate of drug-likeness (QED) is 0.109. The first-order chi connectivity index (χ1) is 25.0. The number of carbonyl (C=O) groups excluding carboxylic acids is 1. The molecule has 2 aromatic carbocycles. The van der Waals surface area contributed by atoms with Crippen LogP contribution in [-0.2, 0) is 31.0 Å². The molecular formula is C42H63ClN2O6SSi. The highest BCUT2D eigenvalue weighted by atomic mass is 35.5. The molecule has 1 saturated carbocycles. The van der Waals surface area contributed by atoms with Crippen LogP contribution in [0, 0.1) is 11.8 Å². The molecule has 8 nitrogen and oxygen atoms in total. The van der Waals surface area contributed by atoms with Crippen LogP contribution in [-0.4, -0.2) is 60.9 Å². The number of benzene rings is 2. The van der Waals surface area contributed by atoms with E-state index in [0.29, 0.717) is 59.9 Å². The summed E-state index contributed by atoms with van der Waals surface area (Å²) in [5, 5.41) is 5.82. The molecule has 2 aliphatic carbocycles. The van der Waals surface area contributed by atoms with Gasteiger partial charge in [-0.3, -0.25) is 0 Å². The first-order valence-corrected chi connectivity index (χ1v) is 23.9. The van der Waals surface area contributed by atoms with E-state index in [0.717, 1.165) is 61.7 Å². The predicted octanol–water partition coefficient (Wildman–Crippen LogP) is 9.59. The fourth-order valence-electron chi connectivity index (χ4n) is 9.80. The van der Waals surface area contributed by atoms with E-state index in [1.807, 2.05) is 25.1 Å². The van der Waals surface area contributed by atoms with Gasteiger partial charge in [-0.25, -0.2) is 18.4 Å². The lowest BCUT2D eigenvalue weighted by molar-refractivity contribution is 0.0600. The lowest BCUT2D eigenvalue weighted by Gasteiger charge is -2.45. The monoisotopic (exact) mass is 786 g/mol. The third-order valence-electron chi connectivity index (χ3n) is 12.7. The number of ether oxygens (including phenoxy) is 2. The van der Waals surface area contributed by atoms with Crippen molar-refractivity contribution in [2.24, 2.45) is 17.0 Å². The summed E-state index contributed by atoms with van der Waals surface area (Å²) in [6.45, 7) is 17.8. The molecular weight excluding hydrogens is 724 g/mol. The van der Waals surface area contributed by atoms with Gasteiger partial charge in [0.1, 0.15) is 5.75 Å². The van der Waals surface area contributed by atoms with Gasteiger partial charge in [0.05, 0.1) is 36.3 Å². The summed E-state index contributed by atoms with van der Waals surface area (Å²) in [5.74, 6) is 1.16. The summed E-state index contributed by atoms with van der Waals surface area (Å²) in [5.41, 5.74) is 5.04. The lowest BCUT2D eigenvalue weighted by atomic mass is 9.69. The van der Waals surface area contributed by atoms with Gasteiger partial charge < -0.3 is 18.8 Å². The number of methoxy groups -OCH3 is 1. The SMILES string of the molecule is CCC(CCC(/C=C/[C@@H]1CC[C@H]1CN1C[C@@]2(CCCc3cc(Cl)ccc32)COc2ccc(C(=O)OC)cc21)O[Si](C(C)C)(C(C)C)C(C)C)S(N)(=O)=O. The molecule has 0 radical (unpaired) electrons. The molecule has 1 heterocycles. The Hall–Kier alpha value is -2.37. The third-order valence-corrected chi connectivity index (χ3v) is 20.6. The number of aryl methyl sites for hydroxylation is 1. The zero-order chi connectivity index (χ0) is 38.7. The number of carbonyl (C=O) groups is 1. The molecule has 1 spiro atoms. The molecule has 0 amide bonds. The molecule has 0 saturated heterocycles. The number of rotatable bonds is 15. The van der Waals surface area contributed by atoms with Crippen molar-refractivity contribution in [2.75, 3.05) is 31.7 Å². The van der Waals surface area contributed by atoms with Crippen LogP contribution >= 0.6 is 11.6 Å². The van der Waals surface area contributed by atoms with Crippen LogP contribution in [0.25, 0.3) is 0 Å². The van der Waals surface area contributed by atoms with Crippen LogP contribution in [0.1, 0.15) is 115 Å². The molecule has 5 rings (SSSR count). The van der Waals surface area contributed by atoms with Crippen molar-refractivity contribution in [1.29, 1.82) is 0 Å². The van der Waals surface area contributed by atoms with Crippen LogP contribution in [0.2, 0.25) is 21.6 Å². The first-order valence-electron chi connectivity index (χ1n) is 19.8. The van der Waals surface area contributed by atoms with Crippen LogP contribution in [0.4, 0.5) is 5.69 Å². The standard InChI is InChI=1S/C42H63ClN2O6SSi/c1-9-37(52(44,47)48)19-18-36(51-53(28(2)3,29(4)5)30(6)7)17-14-31-12-13-34(31)25-45-26-42(22-10-11-32-23-35(43)16-20-38(32)42)27-50-40-21-15-33(24-39(40)45)41(46)49-8/h14-17,20-21,23-24,28-31,34,36-37H,9-13,18-19,22,25-27H2,1-8H3,(H2,44,47,48)/b17-14+/t31-,34-,36?,37?,42-/m0/s1. The van der Waals surface area contributed by atoms with E-state index in [4.69, 9.17) is 30.6 Å². The number of nitrogens with two attached hydrogens (primary N) is 1. The van der Waals surface area contributed by atoms with Gasteiger partial charge in [-0.1, -0.05) is 78.3 Å². The van der Waals surface area contributed by atoms with E-state index in [1.165, 1.54) is 18.2 Å². The summed E-state index contributed by atoms with van der Waals surface area (Å²) in [4.78, 5) is 15.2. The third kappa shape index (κ3) is 9.03. The zero-order valence-electron chi connectivity index (χ0n) is 33.2. The van der Waals surface area contributed by atoms with Gasteiger partial charge in [0.2, 0.25) is 18.3 Å². The molecule has 2 aromatic rings. The molecule has 53 heavy (non-hydrogen) atoms. The van der Waals surface area contributed by atoms with Crippen LogP contribution in [0.5, 0.6) is 5.75 Å². The fourth-order valence-corrected chi connectivity index (χ4v) is 16.5. The average molecular weight is 788 g/mol. The number of fused-ring (bicyclic) bond motifs is 3. The second-order valence-electron chi connectivity index (χ2n) is 16.8. The summed E-state index contributed by atoms with van der Waals surface area (Å²) < 4.78 is 43.9. The smallest absolute Gasteiger partial charge is 0.337 e. The minimum Gasteiger partial charge on any atom is -0.490 e. The summed E-state index contributed by atoms with van der Waals surface area (Å²) in [6.07, 6.45) is 11.2. The number of sulfonamides is 1. The number of halogens is 1. The molecule has 0 bridgehead atoms. The Morgan fingerprint density at radius 1 is 1.08 bits per heavy atom. The number of primary sulfonamides is 1. The van der Waals surface area contributed by atoms with Crippen molar-refractivity contribution >= 4 is 41.6 Å². The normalized spacial score (nSPS) is 23.1. The van der Waals surface area contributed by atoms with Gasteiger partial charge >= 0.3 is 5.97 Å². The first kappa shape index (κ1) is 41.8. The minimum absolute atomic E-state index is 0.185. The van der Waals surface area contributed by atoms with Crippen molar-refractivity contribution in [1.82, 2.24) is 0 Å². The number of allylic oxidation sites excluding steroid dienone is 1. The van der Waals surface area contributed by atoms with Gasteiger partial charge in [-0.15, -0.1) is 0 Å². The Morgan fingerprint density at radius 3 is 2.40 bits per heavy atom. The highest BCUT2D eigenvalue weighted by Crippen LogP contribution is 2.47. The van der Waals surface area contributed by atoms with Crippen LogP contribution in [0.15, 0.2) is 48.6 Å². The van der Waals surface area contributed by atoms with E-state index in [-0.39, 0.29) is 17.5 Å². The Kier molecular flexibility index (Phi) is 13.6. The zero-order valence-corrected chi connectivity index (χ0v) is 35.8. The number of hydrogen-bond acceptors (Lipinski definition) is 7. The second kappa shape index (κ2) is 17.2. The van der Waals surface area contributed by atoms with Gasteiger partial charge in [-0.05, 0) is 121 Å². The van der Waals surface area contributed by atoms with E-state index in [9.17, 15) is 13.2 Å². The van der Waals surface area contributed by atoms with Crippen molar-refractivity contribution < 1.29 is 27.1 Å². The maximum absolute atomic E-state index is 12.7. The van der Waals surface area contributed by atoms with Crippen molar-refractivity contribution in [3.05, 3.63) is 70.3 Å². The van der Waals surface area contributed by atoms with E-state index >= 15 is 0 Å². The van der Waals surface area contributed by atoms with Crippen molar-refractivity contribution in [2.45, 2.75) is 133 Å². The lowest BCUT2D eigenvalue weighted by Crippen LogP contribution is -2.50. The highest BCUT2D eigenvalue weighted by molar-refractivity contribution is 7.89. The summed E-state index contributed by atoms with van der Waals surface area (Å²) in [6, 6.07) is 11.9. The van der Waals surface area contributed by atoms with Crippen LogP contribution < -0.4 is 14.8 Å². The summed E-state index contributed by atoms with van der Waals surface area (Å²) in [7, 11) is -4.48. The molecule has 1 fully saturated rings. The predicted molar refractivity (Wildman–Crippen MR) is 219 cm³/mol. The molecule has 2 N–H and O–H groups in total. The highest BCUT2D eigenvalue weighted by Gasteiger charge is 2.47. The Labute approximate surface area is 325 Å². The summed E-state index contributed by atoms with van der Waals surface area (Å²) >= 11 is 6.47. The maximum atomic E-state index is 12.7. The largest absolute Gasteiger partial charge is 0.490 e. The number of esters is 1. The Morgan fingerprint density at radius 2 is 1.79 bits per heavy atom. The molecule has 0 aromatic heterocycles. The number of hydrogen-bond donors (Lipinski definition) is 1. The number of anilines is 1. The van der Waals surface area contributed by atoms with E-state index in [1.54, 1.807) is 6.07 Å². The van der Waals surface area contributed by atoms with Gasteiger partial charge in [0, 0.05) is 23.5 Å². The van der Waals surface area contributed by atoms with Gasteiger partial charge in [0.25, 0.3) is 0 Å². The number of nitrogens with zero attached hydrogens (tertiary/aromatic N) is 1. The molecule has 2 unspecified atom stereocenters. The van der Waals surface area contributed by atoms with Crippen molar-refractivity contribution in [3.8, 4) is 5.75 Å². The minimum atomic E-state index is -3.64.